The molecule has 1 rings (SSSR count). The fraction of sp³-hybridized carbons (Fsp3) is 0.667. The largest absolute Gasteiger partial charge is 0.478 e. The molecule has 5 heteroatoms. The van der Waals surface area contributed by atoms with Gasteiger partial charge in [-0.2, -0.15) is 0 Å². The van der Waals surface area contributed by atoms with Gasteiger partial charge in [-0.15, -0.1) is 0 Å². The molecule has 0 spiro atoms. The Morgan fingerprint density at radius 2 is 1.82 bits per heavy atom. The molecule has 5 nitrogen and oxygen atoms in total. The lowest BCUT2D eigenvalue weighted by atomic mass is 9.98. The van der Waals surface area contributed by atoms with E-state index >= 15 is 0 Å². The Kier molecular flexibility index (Phi) is 6.32. The van der Waals surface area contributed by atoms with Gasteiger partial charge in [-0.05, 0) is 12.8 Å². The maximum absolute atomic E-state index is 11.0. The molecular weight excluding hydrogens is 224 g/mol. The van der Waals surface area contributed by atoms with Gasteiger partial charge in [0.2, 0.25) is 0 Å². The van der Waals surface area contributed by atoms with E-state index in [2.05, 4.69) is 0 Å². The lowest BCUT2D eigenvalue weighted by molar-refractivity contribution is -0.140. The molecule has 17 heavy (non-hydrogen) atoms. The molecule has 0 aromatic carbocycles. The minimum atomic E-state index is -1.17. The number of ether oxygens (including phenoxy) is 2. The van der Waals surface area contributed by atoms with E-state index in [-0.39, 0.29) is 12.7 Å². The number of hydrogen-bond acceptors (Lipinski definition) is 4. The van der Waals surface area contributed by atoms with E-state index in [0.717, 1.165) is 25.0 Å². The van der Waals surface area contributed by atoms with Crippen LogP contribution in [0.15, 0.2) is 12.2 Å². The Bertz CT molecular complexity index is 279. The first-order valence-electron chi connectivity index (χ1n) is 5.88. The molecule has 0 saturated heterocycles. The quantitative estimate of drug-likeness (QED) is 0.434. The van der Waals surface area contributed by atoms with Crippen LogP contribution in [-0.2, 0) is 19.1 Å². The van der Waals surface area contributed by atoms with Crippen LogP contribution in [0.3, 0.4) is 0 Å². The molecule has 1 saturated carbocycles. The Balaban J connectivity index is 2.03. The van der Waals surface area contributed by atoms with Gasteiger partial charge in [-0.25, -0.2) is 9.59 Å². The lowest BCUT2D eigenvalue weighted by Crippen LogP contribution is -2.19. The Hall–Kier alpha value is -1.36. The highest BCUT2D eigenvalue weighted by Crippen LogP contribution is 2.19. The first-order chi connectivity index (χ1) is 8.18. The zero-order chi connectivity index (χ0) is 12.5. The summed E-state index contributed by atoms with van der Waals surface area (Å²) in [5.41, 5.74) is 0. The molecule has 0 aromatic heterocycles. The second-order valence-electron chi connectivity index (χ2n) is 3.97. The summed E-state index contributed by atoms with van der Waals surface area (Å²) in [6, 6.07) is 0. The zero-order valence-corrected chi connectivity index (χ0v) is 9.76. The molecular formula is C12H18O5. The monoisotopic (exact) mass is 242 g/mol. The summed E-state index contributed by atoms with van der Waals surface area (Å²) >= 11 is 0. The highest BCUT2D eigenvalue weighted by Gasteiger charge is 2.13. The fourth-order valence-corrected chi connectivity index (χ4v) is 1.78. The van der Waals surface area contributed by atoms with Crippen LogP contribution in [0.25, 0.3) is 0 Å². The summed E-state index contributed by atoms with van der Waals surface area (Å²) < 4.78 is 10.3. The van der Waals surface area contributed by atoms with Gasteiger partial charge in [0.25, 0.3) is 0 Å². The first kappa shape index (κ1) is 13.7. The Morgan fingerprint density at radius 3 is 2.47 bits per heavy atom. The van der Waals surface area contributed by atoms with Crippen LogP contribution in [0.5, 0.6) is 0 Å². The van der Waals surface area contributed by atoms with Crippen molar-refractivity contribution in [2.45, 2.75) is 38.2 Å². The maximum atomic E-state index is 11.0. The molecule has 0 bridgehead atoms. The Morgan fingerprint density at radius 1 is 1.12 bits per heavy atom. The average Bonchev–Trinajstić information content (AvgIpc) is 2.33. The van der Waals surface area contributed by atoms with Crippen LogP contribution >= 0.6 is 0 Å². The van der Waals surface area contributed by atoms with E-state index in [1.807, 2.05) is 0 Å². The van der Waals surface area contributed by atoms with E-state index in [9.17, 15) is 9.59 Å². The van der Waals surface area contributed by atoms with Gasteiger partial charge in [0, 0.05) is 12.2 Å². The third kappa shape index (κ3) is 6.73. The van der Waals surface area contributed by atoms with Crippen molar-refractivity contribution in [1.29, 1.82) is 0 Å². The normalized spacial score (nSPS) is 17.2. The van der Waals surface area contributed by atoms with E-state index in [4.69, 9.17) is 14.6 Å². The lowest BCUT2D eigenvalue weighted by Gasteiger charge is -2.21. The van der Waals surface area contributed by atoms with Gasteiger partial charge >= 0.3 is 11.9 Å². The third-order valence-corrected chi connectivity index (χ3v) is 2.60. The molecule has 1 N–H and O–H groups in total. The maximum Gasteiger partial charge on any atom is 0.331 e. The van der Waals surface area contributed by atoms with Crippen molar-refractivity contribution in [3.8, 4) is 0 Å². The molecule has 0 aliphatic heterocycles. The van der Waals surface area contributed by atoms with Gasteiger partial charge in [-0.1, -0.05) is 19.3 Å². The summed E-state index contributed by atoms with van der Waals surface area (Å²) in [7, 11) is 0. The summed E-state index contributed by atoms with van der Waals surface area (Å²) in [4.78, 5) is 21.1. The molecule has 1 aliphatic carbocycles. The van der Waals surface area contributed by atoms with E-state index in [1.165, 1.54) is 19.3 Å². The standard InChI is InChI=1S/C12H18O5/c13-11(14)6-7-12(15)17-9-8-16-10-4-2-1-3-5-10/h6-7,10H,1-5,8-9H2,(H,13,14)/b7-6-. The minimum absolute atomic E-state index is 0.166. The number of esters is 1. The van der Waals surface area contributed by atoms with Crippen molar-refractivity contribution in [3.63, 3.8) is 0 Å². The number of carbonyl (C=O) groups is 2. The number of carbonyl (C=O) groups excluding carboxylic acids is 1. The van der Waals surface area contributed by atoms with Crippen molar-refractivity contribution >= 4 is 11.9 Å². The minimum Gasteiger partial charge on any atom is -0.478 e. The highest BCUT2D eigenvalue weighted by molar-refractivity contribution is 5.90. The van der Waals surface area contributed by atoms with Crippen LogP contribution in [0.2, 0.25) is 0 Å². The average molecular weight is 242 g/mol. The van der Waals surface area contributed by atoms with E-state index in [0.29, 0.717) is 6.61 Å². The van der Waals surface area contributed by atoms with Crippen molar-refractivity contribution in [2.75, 3.05) is 13.2 Å². The summed E-state index contributed by atoms with van der Waals surface area (Å²) in [5, 5.41) is 8.28. The van der Waals surface area contributed by atoms with Gasteiger partial charge in [-0.3, -0.25) is 0 Å². The van der Waals surface area contributed by atoms with Crippen LogP contribution in [0.4, 0.5) is 0 Å². The molecule has 0 heterocycles. The molecule has 1 aliphatic rings. The number of aliphatic carboxylic acids is 1. The zero-order valence-electron chi connectivity index (χ0n) is 9.76. The van der Waals surface area contributed by atoms with Crippen molar-refractivity contribution in [2.24, 2.45) is 0 Å². The van der Waals surface area contributed by atoms with Crippen molar-refractivity contribution < 1.29 is 24.2 Å². The molecule has 0 radical (unpaired) electrons. The predicted molar refractivity (Wildman–Crippen MR) is 60.6 cm³/mol. The molecule has 0 aromatic rings. The first-order valence-corrected chi connectivity index (χ1v) is 5.88. The third-order valence-electron chi connectivity index (χ3n) is 2.60. The van der Waals surface area contributed by atoms with Crippen molar-refractivity contribution in [3.05, 3.63) is 12.2 Å². The van der Waals surface area contributed by atoms with E-state index in [1.54, 1.807) is 0 Å². The molecule has 1 fully saturated rings. The van der Waals surface area contributed by atoms with E-state index < -0.39 is 11.9 Å². The summed E-state index contributed by atoms with van der Waals surface area (Å²) in [6.45, 7) is 0.538. The van der Waals surface area contributed by atoms with Crippen LogP contribution in [-0.4, -0.2) is 36.4 Å². The topological polar surface area (TPSA) is 72.8 Å². The van der Waals surface area contributed by atoms with Crippen LogP contribution < -0.4 is 0 Å². The van der Waals surface area contributed by atoms with Crippen molar-refractivity contribution in [1.82, 2.24) is 0 Å². The second-order valence-corrected chi connectivity index (χ2v) is 3.97. The van der Waals surface area contributed by atoms with Gasteiger partial charge in [0.05, 0.1) is 12.7 Å². The number of hydrogen-bond donors (Lipinski definition) is 1. The number of carboxylic acid groups (broad SMARTS) is 1. The smallest absolute Gasteiger partial charge is 0.331 e. The van der Waals surface area contributed by atoms with Crippen LogP contribution in [0.1, 0.15) is 32.1 Å². The van der Waals surface area contributed by atoms with Crippen LogP contribution in [0, 0.1) is 0 Å². The SMILES string of the molecule is O=C(O)/C=C\C(=O)OCCOC1CCCCC1. The highest BCUT2D eigenvalue weighted by atomic mass is 16.6. The summed E-state index contributed by atoms with van der Waals surface area (Å²) in [6.07, 6.45) is 7.76. The van der Waals surface area contributed by atoms with Gasteiger partial charge in [0.1, 0.15) is 6.61 Å². The fourth-order valence-electron chi connectivity index (χ4n) is 1.78. The molecule has 0 amide bonds. The van der Waals surface area contributed by atoms with Gasteiger partial charge < -0.3 is 14.6 Å². The number of rotatable bonds is 6. The number of carboxylic acids is 1. The molecule has 96 valence electrons. The molecule has 0 unspecified atom stereocenters. The predicted octanol–water partition coefficient (Wildman–Crippen LogP) is 1.52. The summed E-state index contributed by atoms with van der Waals surface area (Å²) in [5.74, 6) is -1.82. The molecule has 0 atom stereocenters. The second kappa shape index (κ2) is 7.84. The van der Waals surface area contributed by atoms with Gasteiger partial charge in [0.15, 0.2) is 0 Å². The Labute approximate surface area is 100 Å².